The van der Waals surface area contributed by atoms with Crippen LogP contribution in [0.25, 0.3) is 0 Å². The van der Waals surface area contributed by atoms with Crippen molar-refractivity contribution >= 4 is 33.9 Å². The number of ether oxygens (including phenoxy) is 1. The van der Waals surface area contributed by atoms with E-state index in [2.05, 4.69) is 26.9 Å². The molecule has 0 aliphatic heterocycles. The van der Waals surface area contributed by atoms with Crippen molar-refractivity contribution in [2.24, 2.45) is 0 Å². The standard InChI is InChI=1S/C13H16N4O2S/c1-4-9-7(2)20-13(16-9)17-11-10(14)8(5-6-15-11)12(18)19-3/h5-6H,4,14H2,1-3H3,(H,15,16,17). The highest BCUT2D eigenvalue weighted by molar-refractivity contribution is 7.15. The summed E-state index contributed by atoms with van der Waals surface area (Å²) in [5.74, 6) is -0.0816. The van der Waals surface area contributed by atoms with Gasteiger partial charge < -0.3 is 15.8 Å². The molecule has 0 aliphatic carbocycles. The Morgan fingerprint density at radius 2 is 2.30 bits per heavy atom. The predicted octanol–water partition coefficient (Wildman–Crippen LogP) is 2.52. The zero-order valence-electron chi connectivity index (χ0n) is 11.6. The first-order valence-corrected chi connectivity index (χ1v) is 6.94. The van der Waals surface area contributed by atoms with E-state index in [9.17, 15) is 4.79 Å². The number of carbonyl (C=O) groups is 1. The normalized spacial score (nSPS) is 10.3. The topological polar surface area (TPSA) is 90.1 Å². The Balaban J connectivity index is 2.31. The molecular formula is C13H16N4O2S. The summed E-state index contributed by atoms with van der Waals surface area (Å²) < 4.78 is 4.68. The van der Waals surface area contributed by atoms with Gasteiger partial charge in [0.05, 0.1) is 24.1 Å². The molecule has 0 atom stereocenters. The molecule has 0 unspecified atom stereocenters. The Hall–Kier alpha value is -2.15. The highest BCUT2D eigenvalue weighted by Crippen LogP contribution is 2.28. The highest BCUT2D eigenvalue weighted by Gasteiger charge is 2.15. The Morgan fingerprint density at radius 3 is 2.90 bits per heavy atom. The zero-order valence-corrected chi connectivity index (χ0v) is 12.4. The van der Waals surface area contributed by atoms with Crippen molar-refractivity contribution in [2.75, 3.05) is 18.2 Å². The average molecular weight is 292 g/mol. The molecule has 0 saturated heterocycles. The van der Waals surface area contributed by atoms with Gasteiger partial charge in [0.25, 0.3) is 0 Å². The molecule has 0 amide bonds. The monoisotopic (exact) mass is 292 g/mol. The van der Waals surface area contributed by atoms with Crippen LogP contribution in [0.2, 0.25) is 0 Å². The van der Waals surface area contributed by atoms with Gasteiger partial charge in [-0.15, -0.1) is 11.3 Å². The predicted molar refractivity (Wildman–Crippen MR) is 79.5 cm³/mol. The fraction of sp³-hybridized carbons (Fsp3) is 0.308. The Bertz CT molecular complexity index is 639. The fourth-order valence-corrected chi connectivity index (χ4v) is 2.67. The summed E-state index contributed by atoms with van der Waals surface area (Å²) in [4.78, 5) is 21.3. The van der Waals surface area contributed by atoms with E-state index in [0.29, 0.717) is 10.9 Å². The van der Waals surface area contributed by atoms with Gasteiger partial charge in [0.1, 0.15) is 0 Å². The van der Waals surface area contributed by atoms with Crippen molar-refractivity contribution in [1.29, 1.82) is 0 Å². The second-order valence-electron chi connectivity index (χ2n) is 4.11. The largest absolute Gasteiger partial charge is 0.465 e. The molecule has 0 aromatic carbocycles. The van der Waals surface area contributed by atoms with E-state index < -0.39 is 5.97 Å². The molecule has 2 rings (SSSR count). The molecule has 0 fully saturated rings. The minimum absolute atomic E-state index is 0.255. The molecular weight excluding hydrogens is 276 g/mol. The van der Waals surface area contributed by atoms with E-state index in [1.807, 2.05) is 6.92 Å². The third-order valence-corrected chi connectivity index (χ3v) is 3.78. The van der Waals surface area contributed by atoms with Gasteiger partial charge in [-0.1, -0.05) is 6.92 Å². The molecule has 3 N–H and O–H groups in total. The summed E-state index contributed by atoms with van der Waals surface area (Å²) in [6, 6.07) is 1.52. The van der Waals surface area contributed by atoms with Crippen molar-refractivity contribution in [1.82, 2.24) is 9.97 Å². The number of nitrogens with two attached hydrogens (primary N) is 1. The van der Waals surface area contributed by atoms with Gasteiger partial charge in [0, 0.05) is 11.1 Å². The second kappa shape index (κ2) is 5.87. The van der Waals surface area contributed by atoms with Crippen molar-refractivity contribution in [3.63, 3.8) is 0 Å². The Morgan fingerprint density at radius 1 is 1.55 bits per heavy atom. The van der Waals surface area contributed by atoms with Crippen LogP contribution in [0.15, 0.2) is 12.3 Å². The maximum absolute atomic E-state index is 11.6. The second-order valence-corrected chi connectivity index (χ2v) is 5.32. The highest BCUT2D eigenvalue weighted by atomic mass is 32.1. The average Bonchev–Trinajstić information content (AvgIpc) is 2.80. The van der Waals surface area contributed by atoms with Crippen LogP contribution in [-0.2, 0) is 11.2 Å². The lowest BCUT2D eigenvalue weighted by atomic mass is 10.2. The molecule has 0 spiro atoms. The minimum atomic E-state index is -0.488. The van der Waals surface area contributed by atoms with Gasteiger partial charge in [-0.3, -0.25) is 0 Å². The van der Waals surface area contributed by atoms with E-state index in [0.717, 1.165) is 17.0 Å². The number of rotatable bonds is 4. The quantitative estimate of drug-likeness (QED) is 0.842. The molecule has 106 valence electrons. The first-order valence-electron chi connectivity index (χ1n) is 6.13. The van der Waals surface area contributed by atoms with Crippen molar-refractivity contribution in [2.45, 2.75) is 20.3 Å². The zero-order chi connectivity index (χ0) is 14.7. The smallest absolute Gasteiger partial charge is 0.340 e. The number of esters is 1. The van der Waals surface area contributed by atoms with Crippen LogP contribution in [-0.4, -0.2) is 23.0 Å². The maximum Gasteiger partial charge on any atom is 0.340 e. The molecule has 2 aromatic heterocycles. The lowest BCUT2D eigenvalue weighted by Crippen LogP contribution is -2.08. The van der Waals surface area contributed by atoms with Gasteiger partial charge >= 0.3 is 5.97 Å². The number of hydrogen-bond acceptors (Lipinski definition) is 7. The van der Waals surface area contributed by atoms with Gasteiger partial charge in [-0.25, -0.2) is 14.8 Å². The number of nitrogen functional groups attached to an aromatic ring is 1. The minimum Gasteiger partial charge on any atom is -0.465 e. The number of hydrogen-bond donors (Lipinski definition) is 2. The number of pyridine rings is 1. The number of carbonyl (C=O) groups excluding carboxylic acids is 1. The maximum atomic E-state index is 11.6. The summed E-state index contributed by atoms with van der Waals surface area (Å²) in [6.07, 6.45) is 2.38. The number of anilines is 3. The van der Waals surface area contributed by atoms with Gasteiger partial charge in [0.15, 0.2) is 10.9 Å². The summed E-state index contributed by atoms with van der Waals surface area (Å²) in [5, 5.41) is 3.76. The number of methoxy groups -OCH3 is 1. The van der Waals surface area contributed by atoms with Gasteiger partial charge in [-0.2, -0.15) is 0 Å². The van der Waals surface area contributed by atoms with Crippen LogP contribution in [0.3, 0.4) is 0 Å². The third kappa shape index (κ3) is 2.72. The van der Waals surface area contributed by atoms with Crippen LogP contribution in [0, 0.1) is 6.92 Å². The van der Waals surface area contributed by atoms with Gasteiger partial charge in [0.2, 0.25) is 0 Å². The van der Waals surface area contributed by atoms with Crippen LogP contribution in [0.5, 0.6) is 0 Å². The molecule has 20 heavy (non-hydrogen) atoms. The molecule has 0 radical (unpaired) electrons. The first kappa shape index (κ1) is 14.3. The summed E-state index contributed by atoms with van der Waals surface area (Å²) >= 11 is 1.53. The van der Waals surface area contributed by atoms with Crippen LogP contribution in [0.4, 0.5) is 16.6 Å². The van der Waals surface area contributed by atoms with Crippen LogP contribution < -0.4 is 11.1 Å². The summed E-state index contributed by atoms with van der Waals surface area (Å²) in [5.41, 5.74) is 7.52. The van der Waals surface area contributed by atoms with Crippen LogP contribution in [0.1, 0.15) is 27.9 Å². The lowest BCUT2D eigenvalue weighted by molar-refractivity contribution is 0.0602. The van der Waals surface area contributed by atoms with E-state index in [-0.39, 0.29) is 11.3 Å². The van der Waals surface area contributed by atoms with Crippen molar-refractivity contribution < 1.29 is 9.53 Å². The first-order chi connectivity index (χ1) is 9.56. The molecule has 2 heterocycles. The fourth-order valence-electron chi connectivity index (χ4n) is 1.77. The van der Waals surface area contributed by atoms with E-state index in [4.69, 9.17) is 5.73 Å². The summed E-state index contributed by atoms with van der Waals surface area (Å²) in [6.45, 7) is 4.07. The van der Waals surface area contributed by atoms with E-state index in [1.165, 1.54) is 30.7 Å². The Kier molecular flexibility index (Phi) is 4.19. The van der Waals surface area contributed by atoms with Gasteiger partial charge in [-0.05, 0) is 19.4 Å². The molecule has 6 nitrogen and oxygen atoms in total. The molecule has 0 aliphatic rings. The van der Waals surface area contributed by atoms with Crippen molar-refractivity contribution in [3.8, 4) is 0 Å². The Labute approximate surface area is 121 Å². The number of aryl methyl sites for hydroxylation is 2. The van der Waals surface area contributed by atoms with E-state index in [1.54, 1.807) is 0 Å². The number of nitrogens with one attached hydrogen (secondary N) is 1. The summed E-state index contributed by atoms with van der Waals surface area (Å²) in [7, 11) is 1.31. The van der Waals surface area contributed by atoms with Crippen LogP contribution >= 0.6 is 11.3 Å². The number of aromatic nitrogens is 2. The molecule has 0 saturated carbocycles. The van der Waals surface area contributed by atoms with E-state index >= 15 is 0 Å². The molecule has 2 aromatic rings. The SMILES string of the molecule is CCc1nc(Nc2nccc(C(=O)OC)c2N)sc1C. The lowest BCUT2D eigenvalue weighted by Gasteiger charge is -2.08. The van der Waals surface area contributed by atoms with Crippen molar-refractivity contribution in [3.05, 3.63) is 28.4 Å². The molecule has 0 bridgehead atoms. The third-order valence-electron chi connectivity index (χ3n) is 2.85. The number of thiazole rings is 1. The molecule has 7 heteroatoms. The number of nitrogens with zero attached hydrogens (tertiary/aromatic N) is 2.